The molecule has 0 unspecified atom stereocenters. The molecule has 0 radical (unpaired) electrons. The fraction of sp³-hybridized carbons (Fsp3) is 0.111. The molecule has 30 heavy (non-hydrogen) atoms. The molecule has 0 saturated carbocycles. The first-order chi connectivity index (χ1) is 14.6. The van der Waals surface area contributed by atoms with Crippen LogP contribution in [0.15, 0.2) is 114 Å². The van der Waals surface area contributed by atoms with Gasteiger partial charge in [0.2, 0.25) is 0 Å². The van der Waals surface area contributed by atoms with E-state index < -0.39 is 13.5 Å². The van der Waals surface area contributed by atoms with Crippen LogP contribution in [-0.4, -0.2) is 11.2 Å². The van der Waals surface area contributed by atoms with E-state index in [0.29, 0.717) is 0 Å². The van der Waals surface area contributed by atoms with Gasteiger partial charge in [-0.3, -0.25) is 9.98 Å². The van der Waals surface area contributed by atoms with E-state index in [2.05, 4.69) is 104 Å². The van der Waals surface area contributed by atoms with E-state index in [1.165, 1.54) is 15.9 Å². The van der Waals surface area contributed by atoms with Crippen LogP contribution < -0.4 is 15.9 Å². The average molecular weight is 408 g/mol. The minimum Gasteiger partial charge on any atom is -0.280 e. The molecule has 0 atom stereocenters. The van der Waals surface area contributed by atoms with Crippen molar-refractivity contribution < 1.29 is 0 Å². The molecular weight excluding hydrogens is 383 g/mol. The smallest absolute Gasteiger partial charge is 0.0970 e. The Morgan fingerprint density at radius 3 is 1.87 bits per heavy atom. The zero-order chi connectivity index (χ0) is 20.8. The number of aliphatic imine (C=N–C) groups is 1. The Hall–Kier alpha value is -3.09. The van der Waals surface area contributed by atoms with Gasteiger partial charge in [0, 0.05) is 18.0 Å². The molecular formula is C27H25N2P. The van der Waals surface area contributed by atoms with Crippen molar-refractivity contribution in [2.24, 2.45) is 4.99 Å². The molecule has 1 aromatic heterocycles. The molecule has 4 aromatic rings. The third kappa shape index (κ3) is 4.56. The van der Waals surface area contributed by atoms with Crippen LogP contribution in [0.4, 0.5) is 0 Å². The molecule has 0 aliphatic heterocycles. The molecule has 3 heteroatoms. The van der Waals surface area contributed by atoms with Crippen molar-refractivity contribution >= 4 is 30.0 Å². The number of benzene rings is 3. The molecule has 148 valence electrons. The number of rotatable bonds is 6. The Morgan fingerprint density at radius 2 is 1.27 bits per heavy atom. The summed E-state index contributed by atoms with van der Waals surface area (Å²) < 4.78 is 0. The summed E-state index contributed by atoms with van der Waals surface area (Å²) in [5.41, 5.74) is 1.73. The van der Waals surface area contributed by atoms with E-state index in [9.17, 15) is 0 Å². The molecule has 4 rings (SSSR count). The molecule has 0 aliphatic carbocycles. The normalized spacial score (nSPS) is 11.8. The summed E-state index contributed by atoms with van der Waals surface area (Å²) in [4.78, 5) is 9.46. The lowest BCUT2D eigenvalue weighted by molar-refractivity contribution is 0.542. The van der Waals surface area contributed by atoms with Crippen LogP contribution in [-0.2, 0) is 5.54 Å². The van der Waals surface area contributed by atoms with Crippen LogP contribution >= 0.6 is 7.92 Å². The maximum atomic E-state index is 4.95. The maximum Gasteiger partial charge on any atom is 0.0970 e. The molecule has 0 aliphatic rings. The highest BCUT2D eigenvalue weighted by atomic mass is 31.1. The lowest BCUT2D eigenvalue weighted by Gasteiger charge is -2.22. The minimum absolute atomic E-state index is 0.392. The van der Waals surface area contributed by atoms with Gasteiger partial charge in [-0.25, -0.2) is 0 Å². The van der Waals surface area contributed by atoms with E-state index in [1.54, 1.807) is 0 Å². The number of hydrogen-bond donors (Lipinski definition) is 0. The lowest BCUT2D eigenvalue weighted by atomic mass is 10.0. The number of aromatic nitrogens is 1. The summed E-state index contributed by atoms with van der Waals surface area (Å²) in [6, 6.07) is 36.1. The summed E-state index contributed by atoms with van der Waals surface area (Å²) in [7, 11) is -0.675. The zero-order valence-corrected chi connectivity index (χ0v) is 18.2. The Morgan fingerprint density at radius 1 is 0.700 bits per heavy atom. The van der Waals surface area contributed by atoms with Gasteiger partial charge in [-0.2, -0.15) is 0 Å². The average Bonchev–Trinajstić information content (AvgIpc) is 2.81. The maximum absolute atomic E-state index is 4.95. The van der Waals surface area contributed by atoms with Crippen molar-refractivity contribution in [2.75, 3.05) is 0 Å². The molecule has 1 heterocycles. The second-order valence-electron chi connectivity index (χ2n) is 7.60. The van der Waals surface area contributed by atoms with Crippen LogP contribution in [0.25, 0.3) is 0 Å². The highest BCUT2D eigenvalue weighted by Gasteiger charge is 2.21. The predicted octanol–water partition coefficient (Wildman–Crippen LogP) is 5.19. The standard InChI is InChI=1S/C27H25N2P/c1-27(2,26-19-11-12-20-28-26)29-21-22-13-9-10-18-25(22)30(23-14-5-3-6-15-23)24-16-7-4-8-17-24/h3-21H,1-2H3. The van der Waals surface area contributed by atoms with Crippen LogP contribution in [0.1, 0.15) is 25.1 Å². The Balaban J connectivity index is 1.78. The van der Waals surface area contributed by atoms with Gasteiger partial charge >= 0.3 is 0 Å². The van der Waals surface area contributed by atoms with Crippen molar-refractivity contribution in [2.45, 2.75) is 19.4 Å². The quantitative estimate of drug-likeness (QED) is 0.318. The van der Waals surface area contributed by atoms with Crippen LogP contribution in [0.3, 0.4) is 0 Å². The van der Waals surface area contributed by atoms with Gasteiger partial charge in [-0.15, -0.1) is 0 Å². The zero-order valence-electron chi connectivity index (χ0n) is 17.3. The summed E-state index contributed by atoms with van der Waals surface area (Å²) in [5, 5.41) is 3.98. The van der Waals surface area contributed by atoms with E-state index in [0.717, 1.165) is 11.3 Å². The summed E-state index contributed by atoms with van der Waals surface area (Å²) >= 11 is 0. The first-order valence-corrected chi connectivity index (χ1v) is 11.5. The Labute approximate surface area is 180 Å². The van der Waals surface area contributed by atoms with Crippen molar-refractivity contribution in [3.8, 4) is 0 Å². The van der Waals surface area contributed by atoms with E-state index in [1.807, 2.05) is 30.6 Å². The van der Waals surface area contributed by atoms with Gasteiger partial charge in [0.15, 0.2) is 0 Å². The van der Waals surface area contributed by atoms with Crippen LogP contribution in [0, 0.1) is 0 Å². The molecule has 0 amide bonds. The van der Waals surface area contributed by atoms with Crippen molar-refractivity contribution in [3.63, 3.8) is 0 Å². The molecule has 0 N–H and O–H groups in total. The molecule has 0 fully saturated rings. The second kappa shape index (κ2) is 9.15. The first kappa shape index (κ1) is 20.2. The van der Waals surface area contributed by atoms with Crippen LogP contribution in [0.2, 0.25) is 0 Å². The molecule has 0 saturated heterocycles. The predicted molar refractivity (Wildman–Crippen MR) is 130 cm³/mol. The Bertz CT molecular complexity index is 1070. The fourth-order valence-corrected chi connectivity index (χ4v) is 5.82. The van der Waals surface area contributed by atoms with Gasteiger partial charge < -0.3 is 0 Å². The highest BCUT2D eigenvalue weighted by molar-refractivity contribution is 7.80. The van der Waals surface area contributed by atoms with E-state index >= 15 is 0 Å². The van der Waals surface area contributed by atoms with E-state index in [-0.39, 0.29) is 0 Å². The summed E-state index contributed by atoms with van der Waals surface area (Å²) in [6.07, 6.45) is 3.84. The molecule has 0 spiro atoms. The monoisotopic (exact) mass is 408 g/mol. The third-order valence-electron chi connectivity index (χ3n) is 5.02. The van der Waals surface area contributed by atoms with Gasteiger partial charge in [0.05, 0.1) is 11.2 Å². The molecule has 2 nitrogen and oxygen atoms in total. The number of nitrogens with zero attached hydrogens (tertiary/aromatic N) is 2. The van der Waals surface area contributed by atoms with E-state index in [4.69, 9.17) is 4.99 Å². The molecule has 0 bridgehead atoms. The van der Waals surface area contributed by atoms with Gasteiger partial charge in [0.1, 0.15) is 0 Å². The first-order valence-electron chi connectivity index (χ1n) is 10.1. The highest BCUT2D eigenvalue weighted by Crippen LogP contribution is 2.34. The number of hydrogen-bond acceptors (Lipinski definition) is 2. The summed E-state index contributed by atoms with van der Waals surface area (Å²) in [6.45, 7) is 4.21. The lowest BCUT2D eigenvalue weighted by Crippen LogP contribution is -2.23. The van der Waals surface area contributed by atoms with Crippen LogP contribution in [0.5, 0.6) is 0 Å². The van der Waals surface area contributed by atoms with Crippen molar-refractivity contribution in [1.82, 2.24) is 4.98 Å². The Kier molecular flexibility index (Phi) is 6.16. The van der Waals surface area contributed by atoms with Gasteiger partial charge in [-0.1, -0.05) is 91.0 Å². The third-order valence-corrected chi connectivity index (χ3v) is 7.54. The largest absolute Gasteiger partial charge is 0.280 e. The van der Waals surface area contributed by atoms with Crippen molar-refractivity contribution in [1.29, 1.82) is 0 Å². The molecule has 3 aromatic carbocycles. The topological polar surface area (TPSA) is 25.2 Å². The number of pyridine rings is 1. The fourth-order valence-electron chi connectivity index (χ4n) is 3.40. The van der Waals surface area contributed by atoms with Gasteiger partial charge in [0.25, 0.3) is 0 Å². The SMILES string of the molecule is CC(C)(N=Cc1ccccc1P(c1ccccc1)c1ccccc1)c1ccccn1. The second-order valence-corrected chi connectivity index (χ2v) is 9.78. The summed E-state index contributed by atoms with van der Waals surface area (Å²) in [5.74, 6) is 0. The minimum atomic E-state index is -0.675. The van der Waals surface area contributed by atoms with Crippen molar-refractivity contribution in [3.05, 3.63) is 121 Å². The van der Waals surface area contributed by atoms with Gasteiger partial charge in [-0.05, 0) is 49.8 Å².